The number of likely N-dealkylation sites (tertiary alicyclic amines) is 1. The molecule has 6 heteroatoms. The van der Waals surface area contributed by atoms with Crippen LogP contribution >= 0.6 is 11.6 Å². The first kappa shape index (κ1) is 24.9. The molecule has 3 aromatic carbocycles. The van der Waals surface area contributed by atoms with Crippen LogP contribution < -0.4 is 5.32 Å². The van der Waals surface area contributed by atoms with E-state index in [9.17, 15) is 14.0 Å². The SMILES string of the molecule is CC(C)(C)c1cccc(NC(=O)[C@H]2CCCN(C(=O)c3c(F)cccc3Cl)[C@H]2c2ccccc2)c1. The predicted octanol–water partition coefficient (Wildman–Crippen LogP) is 7.01. The summed E-state index contributed by atoms with van der Waals surface area (Å²) in [5, 5.41) is 3.13. The minimum atomic E-state index is -0.667. The van der Waals surface area contributed by atoms with Gasteiger partial charge in [-0.05, 0) is 53.6 Å². The van der Waals surface area contributed by atoms with Crippen molar-refractivity contribution in [2.75, 3.05) is 11.9 Å². The van der Waals surface area contributed by atoms with Crippen molar-refractivity contribution in [1.29, 1.82) is 0 Å². The predicted molar refractivity (Wildman–Crippen MR) is 138 cm³/mol. The molecule has 1 fully saturated rings. The van der Waals surface area contributed by atoms with E-state index in [2.05, 4.69) is 26.1 Å². The summed E-state index contributed by atoms with van der Waals surface area (Å²) in [6.07, 6.45) is 1.24. The number of anilines is 1. The van der Waals surface area contributed by atoms with E-state index in [0.717, 1.165) is 16.8 Å². The Labute approximate surface area is 211 Å². The standard InChI is InChI=1S/C29H30ClFN2O2/c1-29(2,3)20-12-7-13-21(18-20)32-27(34)22-14-9-17-33(26(22)19-10-5-4-6-11-19)28(35)25-23(30)15-8-16-24(25)31/h4-8,10-13,15-16,18,22,26H,9,14,17H2,1-3H3,(H,32,34)/t22-,26-/m0/s1. The maximum absolute atomic E-state index is 14.7. The molecule has 182 valence electrons. The Morgan fingerprint density at radius 1 is 1.00 bits per heavy atom. The summed E-state index contributed by atoms with van der Waals surface area (Å²) < 4.78 is 14.7. The van der Waals surface area contributed by atoms with E-state index < -0.39 is 23.7 Å². The highest BCUT2D eigenvalue weighted by Crippen LogP contribution is 2.39. The molecule has 1 aliphatic heterocycles. The molecule has 0 aromatic heterocycles. The number of piperidine rings is 1. The normalized spacial score (nSPS) is 18.3. The van der Waals surface area contributed by atoms with Gasteiger partial charge in [-0.15, -0.1) is 0 Å². The molecule has 2 amide bonds. The fourth-order valence-electron chi connectivity index (χ4n) is 4.70. The van der Waals surface area contributed by atoms with Crippen LogP contribution in [-0.2, 0) is 10.2 Å². The van der Waals surface area contributed by atoms with Gasteiger partial charge in [0.05, 0.1) is 22.5 Å². The van der Waals surface area contributed by atoms with Crippen LogP contribution in [0.15, 0.2) is 72.8 Å². The Balaban J connectivity index is 1.68. The van der Waals surface area contributed by atoms with Gasteiger partial charge in [-0.1, -0.05) is 80.9 Å². The number of benzene rings is 3. The molecule has 0 radical (unpaired) electrons. The zero-order valence-electron chi connectivity index (χ0n) is 20.2. The highest BCUT2D eigenvalue weighted by atomic mass is 35.5. The molecule has 0 saturated carbocycles. The number of carbonyl (C=O) groups excluding carboxylic acids is 2. The molecule has 4 nitrogen and oxygen atoms in total. The van der Waals surface area contributed by atoms with Gasteiger partial charge in [-0.2, -0.15) is 0 Å². The van der Waals surface area contributed by atoms with Crippen LogP contribution in [0.5, 0.6) is 0 Å². The second-order valence-corrected chi connectivity index (χ2v) is 10.4. The monoisotopic (exact) mass is 492 g/mol. The van der Waals surface area contributed by atoms with Gasteiger partial charge >= 0.3 is 0 Å². The topological polar surface area (TPSA) is 49.4 Å². The maximum atomic E-state index is 14.7. The molecule has 1 aliphatic rings. The van der Waals surface area contributed by atoms with Gasteiger partial charge < -0.3 is 10.2 Å². The lowest BCUT2D eigenvalue weighted by Crippen LogP contribution is -2.46. The van der Waals surface area contributed by atoms with Crippen molar-refractivity contribution >= 4 is 29.1 Å². The van der Waals surface area contributed by atoms with E-state index in [1.165, 1.54) is 18.2 Å². The maximum Gasteiger partial charge on any atom is 0.258 e. The van der Waals surface area contributed by atoms with Crippen LogP contribution in [0.4, 0.5) is 10.1 Å². The molecule has 3 aromatic rings. The Morgan fingerprint density at radius 3 is 2.40 bits per heavy atom. The largest absolute Gasteiger partial charge is 0.331 e. The van der Waals surface area contributed by atoms with E-state index in [0.29, 0.717) is 19.4 Å². The molecular weight excluding hydrogens is 463 g/mol. The lowest BCUT2D eigenvalue weighted by atomic mass is 9.83. The van der Waals surface area contributed by atoms with Crippen LogP contribution in [0.25, 0.3) is 0 Å². The van der Waals surface area contributed by atoms with Gasteiger partial charge in [0.1, 0.15) is 5.82 Å². The van der Waals surface area contributed by atoms with E-state index >= 15 is 0 Å². The Morgan fingerprint density at radius 2 is 1.71 bits per heavy atom. The molecule has 0 spiro atoms. The van der Waals surface area contributed by atoms with Crippen LogP contribution in [0.1, 0.15) is 61.1 Å². The summed E-state index contributed by atoms with van der Waals surface area (Å²) >= 11 is 6.23. The van der Waals surface area contributed by atoms with Crippen molar-refractivity contribution < 1.29 is 14.0 Å². The molecule has 2 atom stereocenters. The number of nitrogens with one attached hydrogen (secondary N) is 1. The number of hydrogen-bond acceptors (Lipinski definition) is 2. The number of halogens is 2. The van der Waals surface area contributed by atoms with E-state index in [4.69, 9.17) is 11.6 Å². The number of rotatable bonds is 4. The number of hydrogen-bond donors (Lipinski definition) is 1. The van der Waals surface area contributed by atoms with Crippen molar-refractivity contribution in [3.05, 3.63) is 100 Å². The zero-order chi connectivity index (χ0) is 25.2. The van der Waals surface area contributed by atoms with E-state index in [1.807, 2.05) is 54.6 Å². The third-order valence-electron chi connectivity index (χ3n) is 6.54. The molecule has 1 N–H and O–H groups in total. The van der Waals surface area contributed by atoms with Crippen LogP contribution in [0, 0.1) is 11.7 Å². The molecule has 1 heterocycles. The number of amides is 2. The molecule has 4 rings (SSSR count). The average Bonchev–Trinajstić information content (AvgIpc) is 2.83. The number of nitrogens with zero attached hydrogens (tertiary/aromatic N) is 1. The van der Waals surface area contributed by atoms with Crippen LogP contribution in [0.2, 0.25) is 5.02 Å². The lowest BCUT2D eigenvalue weighted by Gasteiger charge is -2.41. The molecule has 1 saturated heterocycles. The molecule has 0 bridgehead atoms. The molecule has 0 aliphatic carbocycles. The zero-order valence-corrected chi connectivity index (χ0v) is 21.0. The smallest absolute Gasteiger partial charge is 0.258 e. The van der Waals surface area contributed by atoms with Crippen LogP contribution in [0.3, 0.4) is 0 Å². The summed E-state index contributed by atoms with van der Waals surface area (Å²) in [5.74, 6) is -1.84. The van der Waals surface area contributed by atoms with Gasteiger partial charge in [-0.25, -0.2) is 4.39 Å². The van der Waals surface area contributed by atoms with Gasteiger partial charge in [0.15, 0.2) is 0 Å². The molecular formula is C29H30ClFN2O2. The van der Waals surface area contributed by atoms with Gasteiger partial charge in [0.25, 0.3) is 5.91 Å². The van der Waals surface area contributed by atoms with Gasteiger partial charge in [-0.3, -0.25) is 9.59 Å². The van der Waals surface area contributed by atoms with Crippen molar-refractivity contribution in [2.45, 2.75) is 45.1 Å². The summed E-state index contributed by atoms with van der Waals surface area (Å²) in [5.41, 5.74) is 2.45. The molecule has 35 heavy (non-hydrogen) atoms. The first-order chi connectivity index (χ1) is 16.7. The molecule has 0 unspecified atom stereocenters. The Bertz CT molecular complexity index is 1200. The first-order valence-corrected chi connectivity index (χ1v) is 12.3. The van der Waals surface area contributed by atoms with Gasteiger partial charge in [0, 0.05) is 12.2 Å². The summed E-state index contributed by atoms with van der Waals surface area (Å²) in [6, 6.07) is 21.0. The minimum absolute atomic E-state index is 0.0552. The fourth-order valence-corrected chi connectivity index (χ4v) is 4.95. The fraction of sp³-hybridized carbons (Fsp3) is 0.310. The van der Waals surface area contributed by atoms with Crippen molar-refractivity contribution in [3.63, 3.8) is 0 Å². The van der Waals surface area contributed by atoms with Crippen LogP contribution in [-0.4, -0.2) is 23.3 Å². The summed E-state index contributed by atoms with van der Waals surface area (Å²) in [6.45, 7) is 6.78. The average molecular weight is 493 g/mol. The highest BCUT2D eigenvalue weighted by Gasteiger charge is 2.40. The Hall–Kier alpha value is -3.18. The second-order valence-electron chi connectivity index (χ2n) is 10.0. The van der Waals surface area contributed by atoms with E-state index in [1.54, 1.807) is 4.90 Å². The van der Waals surface area contributed by atoms with Crippen molar-refractivity contribution in [3.8, 4) is 0 Å². The highest BCUT2D eigenvalue weighted by molar-refractivity contribution is 6.33. The van der Waals surface area contributed by atoms with Gasteiger partial charge in [0.2, 0.25) is 5.91 Å². The summed E-state index contributed by atoms with van der Waals surface area (Å²) in [4.78, 5) is 28.8. The van der Waals surface area contributed by atoms with Crippen molar-refractivity contribution in [1.82, 2.24) is 4.90 Å². The third kappa shape index (κ3) is 5.40. The third-order valence-corrected chi connectivity index (χ3v) is 6.86. The second kappa shape index (κ2) is 10.2. The quantitative estimate of drug-likeness (QED) is 0.426. The minimum Gasteiger partial charge on any atom is -0.331 e. The van der Waals surface area contributed by atoms with E-state index in [-0.39, 0.29) is 21.9 Å². The van der Waals surface area contributed by atoms with Crippen molar-refractivity contribution in [2.24, 2.45) is 5.92 Å². The lowest BCUT2D eigenvalue weighted by molar-refractivity contribution is -0.123. The Kier molecular flexibility index (Phi) is 7.27. The summed E-state index contributed by atoms with van der Waals surface area (Å²) in [7, 11) is 0. The first-order valence-electron chi connectivity index (χ1n) is 11.9. The number of carbonyl (C=O) groups is 2.